The molecule has 132 valence electrons. The van der Waals surface area contributed by atoms with Crippen molar-refractivity contribution in [1.82, 2.24) is 0 Å². The molecule has 0 saturated heterocycles. The van der Waals surface area contributed by atoms with Crippen molar-refractivity contribution >= 4 is 11.8 Å². The van der Waals surface area contributed by atoms with Gasteiger partial charge in [0.25, 0.3) is 0 Å². The van der Waals surface area contributed by atoms with Gasteiger partial charge < -0.3 is 4.74 Å². The smallest absolute Gasteiger partial charge is 0.374 e. The van der Waals surface area contributed by atoms with Crippen molar-refractivity contribution in [3.8, 4) is 0 Å². The molecule has 0 aromatic heterocycles. The van der Waals surface area contributed by atoms with Gasteiger partial charge in [-0.05, 0) is 6.42 Å². The van der Waals surface area contributed by atoms with Crippen LogP contribution >= 0.6 is 0 Å². The summed E-state index contributed by atoms with van der Waals surface area (Å²) in [7, 11) is 0. The zero-order valence-electron chi connectivity index (χ0n) is 15.5. The predicted molar refractivity (Wildman–Crippen MR) is 92.0 cm³/mol. The van der Waals surface area contributed by atoms with E-state index in [0.29, 0.717) is 6.61 Å². The number of unbranched alkanes of at least 4 members (excludes halogenated alkanes) is 13. The van der Waals surface area contributed by atoms with E-state index in [0.717, 1.165) is 12.8 Å². The minimum Gasteiger partial charge on any atom is -0.460 e. The van der Waals surface area contributed by atoms with E-state index >= 15 is 0 Å². The van der Waals surface area contributed by atoms with Crippen LogP contribution in [0.15, 0.2) is 0 Å². The van der Waals surface area contributed by atoms with Crippen LogP contribution in [0.1, 0.15) is 104 Å². The van der Waals surface area contributed by atoms with Gasteiger partial charge in [0.1, 0.15) is 0 Å². The first-order valence-corrected chi connectivity index (χ1v) is 9.36. The summed E-state index contributed by atoms with van der Waals surface area (Å²) < 4.78 is 4.82. The summed E-state index contributed by atoms with van der Waals surface area (Å²) in [6, 6.07) is 0. The standard InChI is InChI=1S/C19H36O3.Zn/c1-3-4-5-6-7-8-9-10-11-12-13-14-15-16-17-22-19(21)18(2)20;/h3-17H2,1-2H3;. The van der Waals surface area contributed by atoms with Crippen molar-refractivity contribution in [2.45, 2.75) is 104 Å². The number of hydrogen-bond acceptors (Lipinski definition) is 3. The van der Waals surface area contributed by atoms with E-state index < -0.39 is 11.8 Å². The van der Waals surface area contributed by atoms with Gasteiger partial charge in [-0.1, -0.05) is 90.4 Å². The van der Waals surface area contributed by atoms with Crippen molar-refractivity contribution in [3.05, 3.63) is 0 Å². The molecule has 3 nitrogen and oxygen atoms in total. The monoisotopic (exact) mass is 376 g/mol. The first kappa shape index (κ1) is 25.0. The van der Waals surface area contributed by atoms with Gasteiger partial charge in [0.05, 0.1) is 6.61 Å². The number of carbonyl (C=O) groups is 2. The van der Waals surface area contributed by atoms with Crippen molar-refractivity contribution in [1.29, 1.82) is 0 Å². The van der Waals surface area contributed by atoms with E-state index in [1.807, 2.05) is 0 Å². The summed E-state index contributed by atoms with van der Waals surface area (Å²) in [4.78, 5) is 21.6. The van der Waals surface area contributed by atoms with Crippen LogP contribution < -0.4 is 0 Å². The topological polar surface area (TPSA) is 43.4 Å². The second-order valence-electron chi connectivity index (χ2n) is 6.29. The Hall–Kier alpha value is -0.237. The van der Waals surface area contributed by atoms with Crippen molar-refractivity contribution < 1.29 is 33.8 Å². The number of ether oxygens (including phenoxy) is 1. The van der Waals surface area contributed by atoms with Gasteiger partial charge in [0, 0.05) is 26.4 Å². The molecule has 0 rings (SSSR count). The molecule has 4 heteroatoms. The van der Waals surface area contributed by atoms with Crippen LogP contribution in [0.5, 0.6) is 0 Å². The van der Waals surface area contributed by atoms with E-state index in [9.17, 15) is 9.59 Å². The van der Waals surface area contributed by atoms with Crippen LogP contribution in [0.25, 0.3) is 0 Å². The number of ketones is 1. The van der Waals surface area contributed by atoms with Gasteiger partial charge in [-0.3, -0.25) is 4.79 Å². The van der Waals surface area contributed by atoms with Gasteiger partial charge >= 0.3 is 5.97 Å². The fourth-order valence-corrected chi connectivity index (χ4v) is 2.56. The third kappa shape index (κ3) is 19.7. The Morgan fingerprint density at radius 1 is 0.652 bits per heavy atom. The molecule has 0 spiro atoms. The maximum atomic E-state index is 10.9. The minimum absolute atomic E-state index is 0. The molecule has 0 aliphatic heterocycles. The molecule has 0 radical (unpaired) electrons. The van der Waals surface area contributed by atoms with Gasteiger partial charge in [0.2, 0.25) is 5.78 Å². The summed E-state index contributed by atoms with van der Waals surface area (Å²) in [5.74, 6) is -1.21. The SMILES string of the molecule is CCCCCCCCCCCCCCCCOC(=O)C(C)=O.[Zn]. The van der Waals surface area contributed by atoms with Gasteiger partial charge in [0.15, 0.2) is 0 Å². The summed E-state index contributed by atoms with van der Waals surface area (Å²) in [5.41, 5.74) is 0. The molecule has 0 amide bonds. The molecule has 0 saturated carbocycles. The zero-order valence-corrected chi connectivity index (χ0v) is 18.5. The third-order valence-electron chi connectivity index (χ3n) is 4.02. The van der Waals surface area contributed by atoms with Gasteiger partial charge in [-0.25, -0.2) is 4.79 Å². The van der Waals surface area contributed by atoms with Crippen LogP contribution in [0.4, 0.5) is 0 Å². The molecule has 0 N–H and O–H groups in total. The Labute approximate surface area is 156 Å². The Morgan fingerprint density at radius 2 is 1.00 bits per heavy atom. The number of carbonyl (C=O) groups excluding carboxylic acids is 2. The van der Waals surface area contributed by atoms with Gasteiger partial charge in [-0.2, -0.15) is 0 Å². The van der Waals surface area contributed by atoms with E-state index in [-0.39, 0.29) is 19.5 Å². The Morgan fingerprint density at radius 3 is 1.35 bits per heavy atom. The molecule has 0 heterocycles. The predicted octanol–water partition coefficient (Wildman–Crippen LogP) is 5.60. The molecule has 0 bridgehead atoms. The second kappa shape index (κ2) is 19.8. The fourth-order valence-electron chi connectivity index (χ4n) is 2.56. The van der Waals surface area contributed by atoms with Crippen LogP contribution in [0, 0.1) is 0 Å². The normalized spacial score (nSPS) is 10.2. The summed E-state index contributed by atoms with van der Waals surface area (Å²) in [6.45, 7) is 3.89. The zero-order chi connectivity index (χ0) is 16.5. The maximum Gasteiger partial charge on any atom is 0.374 e. The number of esters is 1. The average molecular weight is 378 g/mol. The molecule has 23 heavy (non-hydrogen) atoms. The van der Waals surface area contributed by atoms with Crippen molar-refractivity contribution in [2.75, 3.05) is 6.61 Å². The molecule has 0 fully saturated rings. The summed E-state index contributed by atoms with van der Waals surface area (Å²) >= 11 is 0. The first-order chi connectivity index (χ1) is 10.7. The molecular formula is C19H36O3Zn. The van der Waals surface area contributed by atoms with E-state index in [1.165, 1.54) is 84.0 Å². The third-order valence-corrected chi connectivity index (χ3v) is 4.02. The first-order valence-electron chi connectivity index (χ1n) is 9.36. The summed E-state index contributed by atoms with van der Waals surface area (Å²) in [5, 5.41) is 0. The molecule has 0 aliphatic carbocycles. The molecule has 0 aromatic carbocycles. The van der Waals surface area contributed by atoms with Crippen molar-refractivity contribution in [3.63, 3.8) is 0 Å². The van der Waals surface area contributed by atoms with Crippen LogP contribution in [-0.2, 0) is 33.8 Å². The maximum absolute atomic E-state index is 10.9. The minimum atomic E-state index is -0.699. The molecule has 0 aromatic rings. The average Bonchev–Trinajstić information content (AvgIpc) is 2.50. The fraction of sp³-hybridized carbons (Fsp3) is 0.895. The van der Waals surface area contributed by atoms with Crippen molar-refractivity contribution in [2.24, 2.45) is 0 Å². The Bertz CT molecular complexity index is 280. The molecule has 0 unspecified atom stereocenters. The largest absolute Gasteiger partial charge is 0.460 e. The quantitative estimate of drug-likeness (QED) is 0.152. The van der Waals surface area contributed by atoms with E-state index in [4.69, 9.17) is 4.74 Å². The van der Waals surface area contributed by atoms with Gasteiger partial charge in [-0.15, -0.1) is 0 Å². The number of hydrogen-bond donors (Lipinski definition) is 0. The van der Waals surface area contributed by atoms with E-state index in [1.54, 1.807) is 0 Å². The molecule has 0 atom stereocenters. The summed E-state index contributed by atoms with van der Waals surface area (Å²) in [6.07, 6.45) is 18.3. The Balaban J connectivity index is 0. The van der Waals surface area contributed by atoms with Crippen LogP contribution in [0.3, 0.4) is 0 Å². The van der Waals surface area contributed by atoms with Crippen LogP contribution in [-0.4, -0.2) is 18.4 Å². The number of Topliss-reactive ketones (excluding diaryl/α,β-unsaturated/α-hetero) is 1. The van der Waals surface area contributed by atoms with E-state index in [2.05, 4.69) is 6.92 Å². The Kier molecular flexibility index (Phi) is 21.5. The van der Waals surface area contributed by atoms with Crippen LogP contribution in [0.2, 0.25) is 0 Å². The second-order valence-corrected chi connectivity index (χ2v) is 6.29. The molecular weight excluding hydrogens is 342 g/mol. The number of rotatable bonds is 16. The molecule has 0 aliphatic rings.